The summed E-state index contributed by atoms with van der Waals surface area (Å²) in [7, 11) is 0. The SMILES string of the molecule is Cc1cc(NC(=O)[C@H](C)OC(=O)/C(C#N)=C/c2cc(C)n(CCC(C)C)c2C)no1. The number of carbonyl (C=O) groups excluding carboxylic acids is 2. The fourth-order valence-corrected chi connectivity index (χ4v) is 2.93. The minimum absolute atomic E-state index is 0.170. The summed E-state index contributed by atoms with van der Waals surface area (Å²) in [5.74, 6) is -0.0890. The van der Waals surface area contributed by atoms with Gasteiger partial charge in [0.15, 0.2) is 11.9 Å². The zero-order valence-corrected chi connectivity index (χ0v) is 18.3. The first-order chi connectivity index (χ1) is 14.1. The number of hydrogen-bond acceptors (Lipinski definition) is 6. The first-order valence-electron chi connectivity index (χ1n) is 9.86. The Labute approximate surface area is 176 Å². The van der Waals surface area contributed by atoms with Crippen LogP contribution in [0.25, 0.3) is 6.08 Å². The van der Waals surface area contributed by atoms with Crippen LogP contribution >= 0.6 is 0 Å². The van der Waals surface area contributed by atoms with Gasteiger partial charge in [0.2, 0.25) is 0 Å². The van der Waals surface area contributed by atoms with Gasteiger partial charge in [-0.05, 0) is 57.7 Å². The van der Waals surface area contributed by atoms with Crippen molar-refractivity contribution in [3.05, 3.63) is 40.4 Å². The van der Waals surface area contributed by atoms with Gasteiger partial charge in [-0.2, -0.15) is 5.26 Å². The maximum atomic E-state index is 12.4. The van der Waals surface area contributed by atoms with Gasteiger partial charge in [-0.15, -0.1) is 0 Å². The first kappa shape index (κ1) is 22.9. The van der Waals surface area contributed by atoms with Crippen LogP contribution in [0.4, 0.5) is 5.82 Å². The molecule has 0 saturated carbocycles. The summed E-state index contributed by atoms with van der Waals surface area (Å²) in [5, 5.41) is 15.6. The van der Waals surface area contributed by atoms with Crippen molar-refractivity contribution >= 4 is 23.8 Å². The highest BCUT2D eigenvalue weighted by atomic mass is 16.5. The van der Waals surface area contributed by atoms with E-state index in [9.17, 15) is 14.9 Å². The molecule has 30 heavy (non-hydrogen) atoms. The molecule has 0 aliphatic heterocycles. The van der Waals surface area contributed by atoms with Crippen molar-refractivity contribution in [1.29, 1.82) is 5.26 Å². The van der Waals surface area contributed by atoms with Crippen molar-refractivity contribution in [3.63, 3.8) is 0 Å². The predicted octanol–water partition coefficient (Wildman–Crippen LogP) is 3.92. The van der Waals surface area contributed by atoms with Crippen molar-refractivity contribution in [3.8, 4) is 6.07 Å². The van der Waals surface area contributed by atoms with Crippen LogP contribution in [0.3, 0.4) is 0 Å². The van der Waals surface area contributed by atoms with Gasteiger partial charge in [0.1, 0.15) is 17.4 Å². The number of hydrogen-bond donors (Lipinski definition) is 1. The van der Waals surface area contributed by atoms with E-state index in [-0.39, 0.29) is 11.4 Å². The van der Waals surface area contributed by atoms with Gasteiger partial charge in [0.05, 0.1) is 0 Å². The summed E-state index contributed by atoms with van der Waals surface area (Å²) in [6.45, 7) is 12.3. The molecule has 0 saturated heterocycles. The van der Waals surface area contributed by atoms with E-state index in [1.54, 1.807) is 13.0 Å². The molecule has 1 atom stereocenters. The summed E-state index contributed by atoms with van der Waals surface area (Å²) < 4.78 is 12.2. The molecule has 2 heterocycles. The number of esters is 1. The minimum atomic E-state index is -1.11. The number of nitriles is 1. The van der Waals surface area contributed by atoms with E-state index in [0.717, 1.165) is 29.9 Å². The lowest BCUT2D eigenvalue weighted by molar-refractivity contribution is -0.148. The number of anilines is 1. The molecule has 2 aromatic rings. The summed E-state index contributed by atoms with van der Waals surface area (Å²) in [6.07, 6.45) is 1.43. The number of carbonyl (C=O) groups is 2. The molecular weight excluding hydrogens is 384 g/mol. The highest BCUT2D eigenvalue weighted by Crippen LogP contribution is 2.20. The average molecular weight is 412 g/mol. The zero-order chi connectivity index (χ0) is 22.4. The highest BCUT2D eigenvalue weighted by molar-refractivity contribution is 6.01. The van der Waals surface area contributed by atoms with E-state index in [2.05, 4.69) is 28.9 Å². The summed E-state index contributed by atoms with van der Waals surface area (Å²) in [5.41, 5.74) is 2.64. The molecule has 8 nitrogen and oxygen atoms in total. The highest BCUT2D eigenvalue weighted by Gasteiger charge is 2.22. The van der Waals surface area contributed by atoms with E-state index < -0.39 is 18.0 Å². The Bertz CT molecular complexity index is 991. The lowest BCUT2D eigenvalue weighted by atomic mass is 10.1. The number of amides is 1. The molecule has 0 fully saturated rings. The third kappa shape index (κ3) is 5.83. The van der Waals surface area contributed by atoms with E-state index in [1.165, 1.54) is 13.0 Å². The minimum Gasteiger partial charge on any atom is -0.448 e. The van der Waals surface area contributed by atoms with E-state index in [1.807, 2.05) is 26.0 Å². The number of nitrogens with zero attached hydrogens (tertiary/aromatic N) is 3. The van der Waals surface area contributed by atoms with Crippen molar-refractivity contribution in [2.45, 2.75) is 60.6 Å². The third-order valence-corrected chi connectivity index (χ3v) is 4.72. The quantitative estimate of drug-likeness (QED) is 0.400. The second-order valence-corrected chi connectivity index (χ2v) is 7.69. The molecule has 0 aliphatic rings. The van der Waals surface area contributed by atoms with Gasteiger partial charge in [-0.25, -0.2) is 4.79 Å². The van der Waals surface area contributed by atoms with E-state index in [0.29, 0.717) is 11.7 Å². The number of aryl methyl sites for hydroxylation is 2. The van der Waals surface area contributed by atoms with Gasteiger partial charge in [0, 0.05) is 24.0 Å². The maximum absolute atomic E-state index is 12.4. The Morgan fingerprint density at radius 3 is 2.57 bits per heavy atom. The number of aromatic nitrogens is 2. The average Bonchev–Trinajstić information content (AvgIpc) is 3.20. The molecule has 0 radical (unpaired) electrons. The monoisotopic (exact) mass is 412 g/mol. The number of ether oxygens (including phenoxy) is 1. The Morgan fingerprint density at radius 1 is 1.30 bits per heavy atom. The van der Waals surface area contributed by atoms with Crippen LogP contribution in [0, 0.1) is 38.0 Å². The van der Waals surface area contributed by atoms with Crippen molar-refractivity contribution in [2.75, 3.05) is 5.32 Å². The van der Waals surface area contributed by atoms with Crippen LogP contribution in [0.2, 0.25) is 0 Å². The third-order valence-electron chi connectivity index (χ3n) is 4.72. The van der Waals surface area contributed by atoms with E-state index >= 15 is 0 Å². The first-order valence-corrected chi connectivity index (χ1v) is 9.86. The van der Waals surface area contributed by atoms with Crippen LogP contribution in [0.1, 0.15) is 49.9 Å². The topological polar surface area (TPSA) is 110 Å². The van der Waals surface area contributed by atoms with Gasteiger partial charge in [0.25, 0.3) is 5.91 Å². The van der Waals surface area contributed by atoms with Crippen molar-refractivity contribution in [2.24, 2.45) is 5.92 Å². The standard InChI is InChI=1S/C22H28N4O4/c1-13(2)7-8-26-14(3)9-18(16(26)5)11-19(12-23)22(28)29-17(6)21(27)24-20-10-15(4)30-25-20/h9-11,13,17H,7-8H2,1-6H3,(H,24,25,27)/b19-11+/t17-/m0/s1. The van der Waals surface area contributed by atoms with Crippen molar-refractivity contribution < 1.29 is 18.8 Å². The predicted molar refractivity (Wildman–Crippen MR) is 112 cm³/mol. The summed E-state index contributed by atoms with van der Waals surface area (Å²) in [6, 6.07) is 5.35. The normalized spacial score (nSPS) is 12.5. The summed E-state index contributed by atoms with van der Waals surface area (Å²) in [4.78, 5) is 24.6. The number of rotatable bonds is 8. The Hall–Kier alpha value is -3.34. The molecular formula is C22H28N4O4. The largest absolute Gasteiger partial charge is 0.448 e. The Balaban J connectivity index is 2.10. The van der Waals surface area contributed by atoms with Crippen LogP contribution in [-0.4, -0.2) is 27.7 Å². The van der Waals surface area contributed by atoms with Gasteiger partial charge in [-0.1, -0.05) is 19.0 Å². The van der Waals surface area contributed by atoms with Gasteiger partial charge in [-0.3, -0.25) is 4.79 Å². The van der Waals surface area contributed by atoms with Gasteiger partial charge < -0.3 is 19.1 Å². The van der Waals surface area contributed by atoms with Crippen LogP contribution in [0.5, 0.6) is 0 Å². The molecule has 0 aromatic carbocycles. The van der Waals surface area contributed by atoms with Crippen LogP contribution in [0.15, 0.2) is 22.2 Å². The molecule has 0 spiro atoms. The van der Waals surface area contributed by atoms with E-state index in [4.69, 9.17) is 9.26 Å². The van der Waals surface area contributed by atoms with Crippen molar-refractivity contribution in [1.82, 2.24) is 9.72 Å². The van der Waals surface area contributed by atoms with Crippen LogP contribution in [-0.2, 0) is 20.9 Å². The molecule has 0 aliphatic carbocycles. The lowest BCUT2D eigenvalue weighted by Gasteiger charge is -2.12. The molecule has 1 amide bonds. The Morgan fingerprint density at radius 2 is 2.00 bits per heavy atom. The maximum Gasteiger partial charge on any atom is 0.349 e. The molecule has 0 unspecified atom stereocenters. The number of nitrogens with one attached hydrogen (secondary N) is 1. The second kappa shape index (κ2) is 9.92. The van der Waals surface area contributed by atoms with Gasteiger partial charge >= 0.3 is 5.97 Å². The second-order valence-electron chi connectivity index (χ2n) is 7.69. The molecule has 160 valence electrons. The van der Waals surface area contributed by atoms with Crippen LogP contribution < -0.4 is 5.32 Å². The zero-order valence-electron chi connectivity index (χ0n) is 18.3. The smallest absolute Gasteiger partial charge is 0.349 e. The molecule has 2 rings (SSSR count). The molecule has 2 aromatic heterocycles. The fourth-order valence-electron chi connectivity index (χ4n) is 2.93. The lowest BCUT2D eigenvalue weighted by Crippen LogP contribution is -2.30. The molecule has 8 heteroatoms. The molecule has 1 N–H and O–H groups in total. The summed E-state index contributed by atoms with van der Waals surface area (Å²) >= 11 is 0. The Kier molecular flexibility index (Phi) is 7.59. The fraction of sp³-hybridized carbons (Fsp3) is 0.455. The molecule has 0 bridgehead atoms.